The highest BCUT2D eigenvalue weighted by atomic mass is 35.5. The summed E-state index contributed by atoms with van der Waals surface area (Å²) in [6.45, 7) is -0.424. The van der Waals surface area contributed by atoms with E-state index in [4.69, 9.17) is 21.8 Å². The zero-order valence-corrected chi connectivity index (χ0v) is 10.8. The van der Waals surface area contributed by atoms with Crippen LogP contribution in [0.4, 0.5) is 5.69 Å². The number of nitrogens with zero attached hydrogens (tertiary/aromatic N) is 1. The van der Waals surface area contributed by atoms with E-state index in [0.29, 0.717) is 0 Å². The van der Waals surface area contributed by atoms with Gasteiger partial charge in [-0.25, -0.2) is 4.79 Å². The Balaban J connectivity index is 2.97. The van der Waals surface area contributed by atoms with E-state index in [-0.39, 0.29) is 22.7 Å². The number of nitrogens with one attached hydrogen (secondary N) is 1. The average Bonchev–Trinajstić information content (AvgIpc) is 2.37. The number of aliphatic carboxylic acids is 1. The fourth-order valence-electron chi connectivity index (χ4n) is 1.44. The van der Waals surface area contributed by atoms with E-state index in [1.807, 2.05) is 0 Å². The molecule has 1 aromatic rings. The summed E-state index contributed by atoms with van der Waals surface area (Å²) in [5.74, 6) is -2.14. The van der Waals surface area contributed by atoms with E-state index in [1.54, 1.807) is 0 Å². The lowest BCUT2D eigenvalue weighted by molar-refractivity contribution is -0.384. The minimum Gasteiger partial charge on any atom is -0.480 e. The molecular weight excluding hydrogens is 292 g/mol. The molecule has 0 saturated carbocycles. The van der Waals surface area contributed by atoms with Crippen molar-refractivity contribution < 1.29 is 24.7 Å². The monoisotopic (exact) mass is 302 g/mol. The lowest BCUT2D eigenvalue weighted by Crippen LogP contribution is -2.41. The number of nitro benzene ring substituents is 1. The first-order chi connectivity index (χ1) is 9.35. The second-order valence-corrected chi connectivity index (χ2v) is 4.27. The standard InChI is InChI=1S/C11H11ClN2O6/c12-7-3-6(4-8(5-7)14(19)20)10(16)13-9(1-2-15)11(17)18/h3-5,9,15H,1-2H2,(H,13,16)(H,17,18). The summed E-state index contributed by atoms with van der Waals surface area (Å²) in [4.78, 5) is 32.6. The van der Waals surface area contributed by atoms with Gasteiger partial charge in [0.05, 0.1) is 4.92 Å². The maximum atomic E-state index is 11.8. The van der Waals surface area contributed by atoms with Crippen molar-refractivity contribution in [3.63, 3.8) is 0 Å². The van der Waals surface area contributed by atoms with Crippen LogP contribution in [0.25, 0.3) is 0 Å². The number of aliphatic hydroxyl groups excluding tert-OH is 1. The van der Waals surface area contributed by atoms with Gasteiger partial charge in [-0.05, 0) is 6.07 Å². The molecule has 0 aliphatic heterocycles. The number of halogens is 1. The first kappa shape index (κ1) is 15.9. The SMILES string of the molecule is O=C(NC(CCO)C(=O)O)c1cc(Cl)cc([N+](=O)[O-])c1. The van der Waals surface area contributed by atoms with Gasteiger partial charge in [-0.15, -0.1) is 0 Å². The Morgan fingerprint density at radius 2 is 2.05 bits per heavy atom. The zero-order valence-electron chi connectivity index (χ0n) is 10.1. The van der Waals surface area contributed by atoms with Crippen LogP contribution in [0.2, 0.25) is 5.02 Å². The van der Waals surface area contributed by atoms with Gasteiger partial charge in [-0.3, -0.25) is 14.9 Å². The summed E-state index contributed by atoms with van der Waals surface area (Å²) in [6, 6.07) is 1.95. The molecule has 0 aromatic heterocycles. The van der Waals surface area contributed by atoms with Crippen LogP contribution >= 0.6 is 11.6 Å². The highest BCUT2D eigenvalue weighted by Gasteiger charge is 2.21. The zero-order chi connectivity index (χ0) is 15.3. The van der Waals surface area contributed by atoms with Gasteiger partial charge in [0.25, 0.3) is 11.6 Å². The van der Waals surface area contributed by atoms with Crippen LogP contribution in [0.15, 0.2) is 18.2 Å². The number of benzene rings is 1. The largest absolute Gasteiger partial charge is 0.480 e. The molecule has 20 heavy (non-hydrogen) atoms. The van der Waals surface area contributed by atoms with E-state index in [1.165, 1.54) is 6.07 Å². The number of aliphatic hydroxyl groups is 1. The second kappa shape index (κ2) is 6.83. The van der Waals surface area contributed by atoms with Crippen LogP contribution in [0.5, 0.6) is 0 Å². The van der Waals surface area contributed by atoms with Gasteiger partial charge in [0.2, 0.25) is 0 Å². The predicted molar refractivity (Wildman–Crippen MR) is 68.7 cm³/mol. The van der Waals surface area contributed by atoms with Crippen LogP contribution in [0.1, 0.15) is 16.8 Å². The van der Waals surface area contributed by atoms with Crippen LogP contribution in [0.3, 0.4) is 0 Å². The Kier molecular flexibility index (Phi) is 5.42. The van der Waals surface area contributed by atoms with Crippen molar-refractivity contribution in [1.29, 1.82) is 0 Å². The van der Waals surface area contributed by atoms with Gasteiger partial charge in [0.15, 0.2) is 0 Å². The van der Waals surface area contributed by atoms with Crippen molar-refractivity contribution in [3.05, 3.63) is 38.9 Å². The van der Waals surface area contributed by atoms with Crippen molar-refractivity contribution in [1.82, 2.24) is 5.32 Å². The van der Waals surface area contributed by atoms with Crippen LogP contribution in [0, 0.1) is 10.1 Å². The predicted octanol–water partition coefficient (Wildman–Crippen LogP) is 0.814. The van der Waals surface area contributed by atoms with Crippen LogP contribution in [-0.2, 0) is 4.79 Å². The minimum atomic E-state index is -1.32. The third-order valence-electron chi connectivity index (χ3n) is 2.38. The Morgan fingerprint density at radius 3 is 2.55 bits per heavy atom. The fourth-order valence-corrected chi connectivity index (χ4v) is 1.67. The second-order valence-electron chi connectivity index (χ2n) is 3.83. The molecular formula is C11H11ClN2O6. The summed E-state index contributed by atoms with van der Waals surface area (Å²) in [5.41, 5.74) is -0.509. The molecule has 9 heteroatoms. The fraction of sp³-hybridized carbons (Fsp3) is 0.273. The summed E-state index contributed by atoms with van der Waals surface area (Å²) in [5, 5.41) is 30.3. The average molecular weight is 303 g/mol. The molecule has 0 radical (unpaired) electrons. The molecule has 108 valence electrons. The summed E-state index contributed by atoms with van der Waals surface area (Å²) in [6.07, 6.45) is -0.177. The Labute approximate surface area is 118 Å². The topological polar surface area (TPSA) is 130 Å². The van der Waals surface area contributed by atoms with Crippen LogP contribution < -0.4 is 5.32 Å². The van der Waals surface area contributed by atoms with Gasteiger partial charge >= 0.3 is 5.97 Å². The molecule has 0 saturated heterocycles. The van der Waals surface area contributed by atoms with E-state index in [9.17, 15) is 19.7 Å². The van der Waals surface area contributed by atoms with Gasteiger partial charge in [-0.2, -0.15) is 0 Å². The summed E-state index contributed by atoms with van der Waals surface area (Å²) in [7, 11) is 0. The smallest absolute Gasteiger partial charge is 0.326 e. The molecule has 1 unspecified atom stereocenters. The Morgan fingerprint density at radius 1 is 1.40 bits per heavy atom. The lowest BCUT2D eigenvalue weighted by Gasteiger charge is -2.13. The summed E-state index contributed by atoms with van der Waals surface area (Å²) < 4.78 is 0. The first-order valence-electron chi connectivity index (χ1n) is 5.44. The van der Waals surface area contributed by atoms with E-state index < -0.39 is 29.4 Å². The molecule has 8 nitrogen and oxygen atoms in total. The molecule has 0 aliphatic carbocycles. The molecule has 1 atom stereocenters. The quantitative estimate of drug-likeness (QED) is 0.526. The number of nitro groups is 1. The molecule has 0 spiro atoms. The number of non-ortho nitro benzene ring substituents is 1. The normalized spacial score (nSPS) is 11.7. The minimum absolute atomic E-state index is 0.0154. The highest BCUT2D eigenvalue weighted by molar-refractivity contribution is 6.31. The Bertz CT molecular complexity index is 548. The number of carboxylic acids is 1. The number of carbonyl (C=O) groups excluding carboxylic acids is 1. The molecule has 1 aromatic carbocycles. The van der Waals surface area contributed by atoms with Crippen molar-refractivity contribution in [2.24, 2.45) is 0 Å². The first-order valence-corrected chi connectivity index (χ1v) is 5.82. The van der Waals surface area contributed by atoms with E-state index in [0.717, 1.165) is 12.1 Å². The molecule has 1 rings (SSSR count). The van der Waals surface area contributed by atoms with Crippen molar-refractivity contribution >= 4 is 29.2 Å². The number of carboxylic acid groups (broad SMARTS) is 1. The highest BCUT2D eigenvalue weighted by Crippen LogP contribution is 2.20. The third-order valence-corrected chi connectivity index (χ3v) is 2.59. The molecule has 3 N–H and O–H groups in total. The van der Waals surface area contributed by atoms with Gasteiger partial charge in [0.1, 0.15) is 6.04 Å². The molecule has 0 bridgehead atoms. The number of carbonyl (C=O) groups is 2. The van der Waals surface area contributed by atoms with Crippen molar-refractivity contribution in [2.75, 3.05) is 6.61 Å². The van der Waals surface area contributed by atoms with Crippen molar-refractivity contribution in [2.45, 2.75) is 12.5 Å². The third kappa shape index (κ3) is 4.18. The van der Waals surface area contributed by atoms with E-state index >= 15 is 0 Å². The van der Waals surface area contributed by atoms with Gasteiger partial charge < -0.3 is 15.5 Å². The van der Waals surface area contributed by atoms with Gasteiger partial charge in [-0.1, -0.05) is 11.6 Å². The number of rotatable bonds is 6. The molecule has 0 aliphatic rings. The Hall–Kier alpha value is -2.19. The van der Waals surface area contributed by atoms with E-state index in [2.05, 4.69) is 5.32 Å². The molecule has 1 amide bonds. The van der Waals surface area contributed by atoms with Crippen LogP contribution in [-0.4, -0.2) is 39.7 Å². The number of hydrogen-bond acceptors (Lipinski definition) is 5. The number of amides is 1. The maximum absolute atomic E-state index is 11.8. The lowest BCUT2D eigenvalue weighted by atomic mass is 10.1. The molecule has 0 fully saturated rings. The number of hydrogen-bond donors (Lipinski definition) is 3. The van der Waals surface area contributed by atoms with Gasteiger partial charge in [0, 0.05) is 35.7 Å². The molecule has 0 heterocycles. The van der Waals surface area contributed by atoms with Crippen molar-refractivity contribution in [3.8, 4) is 0 Å². The summed E-state index contributed by atoms with van der Waals surface area (Å²) >= 11 is 5.66. The maximum Gasteiger partial charge on any atom is 0.326 e.